The Balaban J connectivity index is 4.14. The van der Waals surface area contributed by atoms with Crippen molar-refractivity contribution in [2.75, 3.05) is 0 Å². The van der Waals surface area contributed by atoms with Crippen LogP contribution in [0, 0.1) is 11.3 Å². The van der Waals surface area contributed by atoms with Crippen LogP contribution in [0.5, 0.6) is 0 Å². The largest absolute Gasteiger partial charge is 0.481 e. The number of nitrogens with zero attached hydrogens (tertiary/aromatic N) is 1. The minimum absolute atomic E-state index is 0.194. The van der Waals surface area contributed by atoms with Gasteiger partial charge in [0.2, 0.25) is 0 Å². The Hall–Kier alpha value is -1.57. The van der Waals surface area contributed by atoms with Crippen LogP contribution in [-0.2, 0) is 14.3 Å². The Labute approximate surface area is 101 Å². The number of carboxylic acid groups (broad SMARTS) is 1. The van der Waals surface area contributed by atoms with Gasteiger partial charge in [-0.2, -0.15) is 5.26 Å². The van der Waals surface area contributed by atoms with E-state index in [1.165, 1.54) is 0 Å². The highest BCUT2D eigenvalue weighted by molar-refractivity contribution is 5.76. The lowest BCUT2D eigenvalue weighted by Crippen LogP contribution is -2.30. The highest BCUT2D eigenvalue weighted by atomic mass is 16.6. The fourth-order valence-corrected chi connectivity index (χ4v) is 1.35. The molecule has 0 aliphatic carbocycles. The first-order chi connectivity index (χ1) is 7.93. The normalized spacial score (nSPS) is 13.5. The second-order valence-corrected chi connectivity index (χ2v) is 4.17. The quantitative estimate of drug-likeness (QED) is 0.520. The number of hydrogen-bond acceptors (Lipinski definition) is 4. The first-order valence-electron chi connectivity index (χ1n) is 5.78. The molecule has 0 saturated carbocycles. The first kappa shape index (κ1) is 15.4. The average Bonchev–Trinajstić information content (AvgIpc) is 2.27. The molecule has 0 aromatic carbocycles. The van der Waals surface area contributed by atoms with Crippen LogP contribution in [0.1, 0.15) is 52.4 Å². The van der Waals surface area contributed by atoms with E-state index in [2.05, 4.69) is 0 Å². The van der Waals surface area contributed by atoms with E-state index in [1.54, 1.807) is 6.92 Å². The number of aliphatic carboxylic acids is 1. The molecule has 0 aromatic rings. The lowest BCUT2D eigenvalue weighted by atomic mass is 10.00. The Kier molecular flexibility index (Phi) is 6.95. The molecule has 0 bridgehead atoms. The van der Waals surface area contributed by atoms with Crippen LogP contribution in [0.3, 0.4) is 0 Å². The van der Waals surface area contributed by atoms with E-state index in [0.29, 0.717) is 6.42 Å². The Bertz CT molecular complexity index is 308. The third kappa shape index (κ3) is 7.34. The van der Waals surface area contributed by atoms with Crippen molar-refractivity contribution >= 4 is 11.9 Å². The summed E-state index contributed by atoms with van der Waals surface area (Å²) in [6, 6.07) is 1.97. The van der Waals surface area contributed by atoms with Gasteiger partial charge in [-0.3, -0.25) is 9.59 Å². The van der Waals surface area contributed by atoms with Crippen LogP contribution in [0.2, 0.25) is 0 Å². The van der Waals surface area contributed by atoms with Gasteiger partial charge >= 0.3 is 11.9 Å². The summed E-state index contributed by atoms with van der Waals surface area (Å²) in [4.78, 5) is 21.6. The maximum atomic E-state index is 11.3. The van der Waals surface area contributed by atoms with E-state index < -0.39 is 17.5 Å². The van der Waals surface area contributed by atoms with E-state index in [-0.39, 0.29) is 12.8 Å². The maximum Gasteiger partial charge on any atom is 0.307 e. The number of unbranched alkanes of at least 4 members (excludes halogenated alkanes) is 2. The molecule has 0 spiro atoms. The monoisotopic (exact) mass is 241 g/mol. The molecule has 0 amide bonds. The summed E-state index contributed by atoms with van der Waals surface area (Å²) in [6.07, 6.45) is 2.83. The van der Waals surface area contributed by atoms with Crippen LogP contribution in [0.4, 0.5) is 0 Å². The van der Waals surface area contributed by atoms with Crippen molar-refractivity contribution in [3.8, 4) is 6.07 Å². The standard InChI is InChI=1S/C12H19NO4/c1-3-4-5-8-12(2,9-13)17-11(16)7-6-10(14)15/h3-8H2,1-2H3,(H,14,15). The molecule has 1 unspecified atom stereocenters. The lowest BCUT2D eigenvalue weighted by molar-refractivity contribution is -0.156. The molecule has 0 aliphatic heterocycles. The zero-order chi connectivity index (χ0) is 13.3. The Morgan fingerprint density at radius 1 is 1.35 bits per heavy atom. The fraction of sp³-hybridized carbons (Fsp3) is 0.750. The summed E-state index contributed by atoms with van der Waals surface area (Å²) in [7, 11) is 0. The third-order valence-corrected chi connectivity index (χ3v) is 2.38. The molecule has 0 aliphatic rings. The molecule has 0 heterocycles. The molecule has 0 radical (unpaired) electrons. The number of rotatable bonds is 8. The van der Waals surface area contributed by atoms with Gasteiger partial charge in [0.25, 0.3) is 0 Å². The second kappa shape index (κ2) is 7.66. The molecule has 5 heteroatoms. The molecule has 0 saturated heterocycles. The molecule has 0 rings (SSSR count). The third-order valence-electron chi connectivity index (χ3n) is 2.38. The van der Waals surface area contributed by atoms with Gasteiger partial charge in [-0.25, -0.2) is 0 Å². The molecule has 17 heavy (non-hydrogen) atoms. The van der Waals surface area contributed by atoms with E-state index in [0.717, 1.165) is 19.3 Å². The van der Waals surface area contributed by atoms with Crippen LogP contribution in [0.15, 0.2) is 0 Å². The summed E-state index contributed by atoms with van der Waals surface area (Å²) < 4.78 is 5.02. The minimum Gasteiger partial charge on any atom is -0.481 e. The van der Waals surface area contributed by atoms with Crippen molar-refractivity contribution in [2.24, 2.45) is 0 Å². The predicted octanol–water partition coefficient (Wildman–Crippen LogP) is 2.26. The van der Waals surface area contributed by atoms with Crippen molar-refractivity contribution < 1.29 is 19.4 Å². The Morgan fingerprint density at radius 3 is 2.47 bits per heavy atom. The van der Waals surface area contributed by atoms with E-state index in [1.807, 2.05) is 13.0 Å². The maximum absolute atomic E-state index is 11.3. The molecular formula is C12H19NO4. The van der Waals surface area contributed by atoms with Gasteiger partial charge in [-0.05, 0) is 13.3 Å². The molecular weight excluding hydrogens is 222 g/mol. The molecule has 0 aromatic heterocycles. The second-order valence-electron chi connectivity index (χ2n) is 4.17. The molecule has 5 nitrogen and oxygen atoms in total. The minimum atomic E-state index is -1.13. The molecule has 1 N–H and O–H groups in total. The summed E-state index contributed by atoms with van der Waals surface area (Å²) in [5.41, 5.74) is -1.13. The van der Waals surface area contributed by atoms with Crippen LogP contribution < -0.4 is 0 Å². The van der Waals surface area contributed by atoms with E-state index in [9.17, 15) is 9.59 Å². The summed E-state index contributed by atoms with van der Waals surface area (Å²) in [5, 5.41) is 17.4. The van der Waals surface area contributed by atoms with Crippen molar-refractivity contribution in [3.63, 3.8) is 0 Å². The molecule has 96 valence electrons. The lowest BCUT2D eigenvalue weighted by Gasteiger charge is -2.21. The number of carboxylic acids is 1. The van der Waals surface area contributed by atoms with Gasteiger partial charge < -0.3 is 9.84 Å². The fourth-order valence-electron chi connectivity index (χ4n) is 1.35. The SMILES string of the molecule is CCCCCC(C)(C#N)OC(=O)CCC(=O)O. The van der Waals surface area contributed by atoms with Crippen LogP contribution >= 0.6 is 0 Å². The van der Waals surface area contributed by atoms with Gasteiger partial charge in [0.05, 0.1) is 12.8 Å². The van der Waals surface area contributed by atoms with Crippen molar-refractivity contribution in [2.45, 2.75) is 58.0 Å². The van der Waals surface area contributed by atoms with Gasteiger partial charge in [-0.15, -0.1) is 0 Å². The number of carbonyl (C=O) groups excluding carboxylic acids is 1. The predicted molar refractivity (Wildman–Crippen MR) is 61.1 cm³/mol. The van der Waals surface area contributed by atoms with Crippen LogP contribution in [-0.4, -0.2) is 22.6 Å². The van der Waals surface area contributed by atoms with Crippen molar-refractivity contribution in [1.29, 1.82) is 5.26 Å². The molecule has 1 atom stereocenters. The highest BCUT2D eigenvalue weighted by Gasteiger charge is 2.27. The zero-order valence-electron chi connectivity index (χ0n) is 10.4. The van der Waals surface area contributed by atoms with Crippen molar-refractivity contribution in [3.05, 3.63) is 0 Å². The van der Waals surface area contributed by atoms with Crippen LogP contribution in [0.25, 0.3) is 0 Å². The van der Waals surface area contributed by atoms with Crippen molar-refractivity contribution in [1.82, 2.24) is 0 Å². The van der Waals surface area contributed by atoms with Gasteiger partial charge in [0.1, 0.15) is 6.07 Å². The number of carbonyl (C=O) groups is 2. The Morgan fingerprint density at radius 2 is 2.00 bits per heavy atom. The topological polar surface area (TPSA) is 87.4 Å². The highest BCUT2D eigenvalue weighted by Crippen LogP contribution is 2.19. The first-order valence-corrected chi connectivity index (χ1v) is 5.78. The number of esters is 1. The zero-order valence-corrected chi connectivity index (χ0v) is 10.4. The smallest absolute Gasteiger partial charge is 0.307 e. The average molecular weight is 241 g/mol. The van der Waals surface area contributed by atoms with E-state index >= 15 is 0 Å². The van der Waals surface area contributed by atoms with Gasteiger partial charge in [0, 0.05) is 6.42 Å². The van der Waals surface area contributed by atoms with E-state index in [4.69, 9.17) is 15.1 Å². The number of ether oxygens (including phenoxy) is 1. The number of nitriles is 1. The summed E-state index contributed by atoms with van der Waals surface area (Å²) >= 11 is 0. The summed E-state index contributed by atoms with van der Waals surface area (Å²) in [5.74, 6) is -1.68. The van der Waals surface area contributed by atoms with Gasteiger partial charge in [0.15, 0.2) is 5.60 Å². The number of hydrogen-bond donors (Lipinski definition) is 1. The van der Waals surface area contributed by atoms with Gasteiger partial charge in [-0.1, -0.05) is 19.8 Å². The summed E-state index contributed by atoms with van der Waals surface area (Å²) in [6.45, 7) is 3.60. The molecule has 0 fully saturated rings.